The van der Waals surface area contributed by atoms with Crippen LogP contribution in [0.3, 0.4) is 0 Å². The van der Waals surface area contributed by atoms with Crippen molar-refractivity contribution in [2.24, 2.45) is 5.41 Å². The highest BCUT2D eigenvalue weighted by molar-refractivity contribution is 5.03. The van der Waals surface area contributed by atoms with Gasteiger partial charge >= 0.3 is 0 Å². The molecule has 0 radical (unpaired) electrons. The highest BCUT2D eigenvalue weighted by atomic mass is 16.5. The zero-order chi connectivity index (χ0) is 7.49. The van der Waals surface area contributed by atoms with Crippen LogP contribution in [0.15, 0.2) is 0 Å². The second-order valence-electron chi connectivity index (χ2n) is 3.29. The fourth-order valence-electron chi connectivity index (χ4n) is 0.391. The molecule has 0 aliphatic rings. The summed E-state index contributed by atoms with van der Waals surface area (Å²) in [5.41, 5.74) is 0.190. The number of ether oxygens (including phenoxy) is 1. The summed E-state index contributed by atoms with van der Waals surface area (Å²) in [5.74, 6) is 1.14. The van der Waals surface area contributed by atoms with Crippen molar-refractivity contribution in [2.45, 2.75) is 20.8 Å². The van der Waals surface area contributed by atoms with Gasteiger partial charge in [0, 0.05) is 7.11 Å². The van der Waals surface area contributed by atoms with Crippen LogP contribution in [0.4, 0.5) is 0 Å². The van der Waals surface area contributed by atoms with E-state index in [1.165, 1.54) is 0 Å². The number of rotatable bonds is 2. The smallest absolute Gasteiger partial charge is 0.159 e. The molecule has 0 heterocycles. The second kappa shape index (κ2) is 3.11. The van der Waals surface area contributed by atoms with Crippen molar-refractivity contribution in [1.82, 2.24) is 0 Å². The Kier molecular flexibility index (Phi) is 3.06. The van der Waals surface area contributed by atoms with Crippen LogP contribution in [0.1, 0.15) is 20.8 Å². The molecular weight excluding hydrogens is 112 g/mol. The Labute approximate surface area is 58.4 Å². The third-order valence-electron chi connectivity index (χ3n) is 1.38. The van der Waals surface area contributed by atoms with Crippen LogP contribution in [0.5, 0.6) is 0 Å². The van der Waals surface area contributed by atoms with E-state index in [1.807, 2.05) is 0 Å². The SMILES string of the molecule is [CH2-][C+](COC)C(C)(C)C. The largest absolute Gasteiger partial charge is 0.346 e. The first-order valence-electron chi connectivity index (χ1n) is 3.15. The summed E-state index contributed by atoms with van der Waals surface area (Å²) in [6.45, 7) is 11.0. The molecule has 0 fully saturated rings. The molecule has 0 N–H and O–H groups in total. The van der Waals surface area contributed by atoms with E-state index in [4.69, 9.17) is 4.74 Å². The van der Waals surface area contributed by atoms with Gasteiger partial charge < -0.3 is 4.74 Å². The maximum Gasteiger partial charge on any atom is 0.159 e. The predicted molar refractivity (Wildman–Crippen MR) is 39.9 cm³/mol. The van der Waals surface area contributed by atoms with Crippen LogP contribution >= 0.6 is 0 Å². The average Bonchev–Trinajstić information content (AvgIpc) is 1.64. The maximum atomic E-state index is 4.93. The van der Waals surface area contributed by atoms with E-state index >= 15 is 0 Å². The van der Waals surface area contributed by atoms with Gasteiger partial charge in [0.2, 0.25) is 0 Å². The molecule has 0 aromatic heterocycles. The van der Waals surface area contributed by atoms with Gasteiger partial charge in [-0.1, -0.05) is 0 Å². The minimum Gasteiger partial charge on any atom is -0.346 e. The van der Waals surface area contributed by atoms with E-state index in [1.54, 1.807) is 7.11 Å². The van der Waals surface area contributed by atoms with Crippen LogP contribution in [0.25, 0.3) is 0 Å². The molecule has 1 nitrogen and oxygen atoms in total. The first-order valence-corrected chi connectivity index (χ1v) is 3.15. The quantitative estimate of drug-likeness (QED) is 0.517. The van der Waals surface area contributed by atoms with Gasteiger partial charge in [-0.25, -0.2) is 0 Å². The van der Waals surface area contributed by atoms with Gasteiger partial charge in [-0.05, 0) is 26.7 Å². The number of hydrogen-bond acceptors (Lipinski definition) is 1. The van der Waals surface area contributed by atoms with E-state index in [-0.39, 0.29) is 5.41 Å². The Bertz CT molecular complexity index is 71.1. The van der Waals surface area contributed by atoms with Crippen LogP contribution in [0, 0.1) is 18.3 Å². The molecule has 0 aliphatic carbocycles. The predicted octanol–water partition coefficient (Wildman–Crippen LogP) is 2.09. The molecule has 0 saturated carbocycles. The summed E-state index contributed by atoms with van der Waals surface area (Å²) < 4.78 is 4.93. The standard InChI is InChI=1S/C8H16O/c1-7(6-9-5)8(2,3)4/h1,6H2,2-5H3. The second-order valence-corrected chi connectivity index (χ2v) is 3.29. The molecule has 0 saturated heterocycles. The topological polar surface area (TPSA) is 9.23 Å². The summed E-state index contributed by atoms with van der Waals surface area (Å²) in [4.78, 5) is 0. The van der Waals surface area contributed by atoms with E-state index in [2.05, 4.69) is 27.7 Å². The molecule has 0 bridgehead atoms. The summed E-state index contributed by atoms with van der Waals surface area (Å²) in [6.07, 6.45) is 0. The average molecular weight is 128 g/mol. The molecule has 0 unspecified atom stereocenters. The Morgan fingerprint density at radius 2 is 1.89 bits per heavy atom. The van der Waals surface area contributed by atoms with Crippen molar-refractivity contribution in [3.8, 4) is 0 Å². The fourth-order valence-corrected chi connectivity index (χ4v) is 0.391. The Hall–Kier alpha value is -0.170. The van der Waals surface area contributed by atoms with Crippen LogP contribution in [0.2, 0.25) is 0 Å². The molecule has 9 heavy (non-hydrogen) atoms. The molecule has 0 rings (SSSR count). The molecule has 0 aromatic rings. The molecule has 0 atom stereocenters. The fraction of sp³-hybridized carbons (Fsp3) is 0.750. The minimum atomic E-state index is 0.190. The lowest BCUT2D eigenvalue weighted by molar-refractivity contribution is 0.188. The first-order chi connectivity index (χ1) is 3.98. The van der Waals surface area contributed by atoms with E-state index < -0.39 is 0 Å². The monoisotopic (exact) mass is 128 g/mol. The Balaban J connectivity index is 3.59. The van der Waals surface area contributed by atoms with Gasteiger partial charge in [0.15, 0.2) is 6.61 Å². The summed E-state index contributed by atoms with van der Waals surface area (Å²) in [5, 5.41) is 0. The summed E-state index contributed by atoms with van der Waals surface area (Å²) >= 11 is 0. The van der Waals surface area contributed by atoms with E-state index in [0.717, 1.165) is 5.92 Å². The highest BCUT2D eigenvalue weighted by Gasteiger charge is 2.23. The lowest BCUT2D eigenvalue weighted by Gasteiger charge is -2.21. The van der Waals surface area contributed by atoms with Gasteiger partial charge in [-0.15, -0.1) is 6.92 Å². The van der Waals surface area contributed by atoms with Gasteiger partial charge in [-0.2, -0.15) is 0 Å². The van der Waals surface area contributed by atoms with Gasteiger partial charge in [-0.3, -0.25) is 0 Å². The lowest BCUT2D eigenvalue weighted by atomic mass is 9.83. The zero-order valence-electron chi connectivity index (χ0n) is 6.82. The van der Waals surface area contributed by atoms with Crippen LogP contribution < -0.4 is 0 Å². The molecule has 0 aromatic carbocycles. The number of methoxy groups -OCH3 is 1. The van der Waals surface area contributed by atoms with Crippen molar-refractivity contribution in [1.29, 1.82) is 0 Å². The zero-order valence-corrected chi connectivity index (χ0v) is 6.82. The van der Waals surface area contributed by atoms with Crippen LogP contribution in [-0.4, -0.2) is 13.7 Å². The molecule has 0 amide bonds. The van der Waals surface area contributed by atoms with Crippen molar-refractivity contribution in [2.75, 3.05) is 13.7 Å². The van der Waals surface area contributed by atoms with Crippen molar-refractivity contribution >= 4 is 0 Å². The Morgan fingerprint density at radius 1 is 1.44 bits per heavy atom. The summed E-state index contributed by atoms with van der Waals surface area (Å²) in [7, 11) is 1.69. The minimum absolute atomic E-state index is 0.190. The lowest BCUT2D eigenvalue weighted by Crippen LogP contribution is -2.19. The number of hydrogen-bond donors (Lipinski definition) is 0. The van der Waals surface area contributed by atoms with Gasteiger partial charge in [0.25, 0.3) is 0 Å². The van der Waals surface area contributed by atoms with Crippen molar-refractivity contribution < 1.29 is 4.74 Å². The first kappa shape index (κ1) is 8.83. The molecule has 54 valence electrons. The Morgan fingerprint density at radius 3 is 2.00 bits per heavy atom. The van der Waals surface area contributed by atoms with Crippen molar-refractivity contribution in [3.05, 3.63) is 12.8 Å². The summed E-state index contributed by atoms with van der Waals surface area (Å²) in [6, 6.07) is 0. The maximum absolute atomic E-state index is 4.93. The van der Waals surface area contributed by atoms with Crippen LogP contribution in [-0.2, 0) is 4.74 Å². The van der Waals surface area contributed by atoms with Gasteiger partial charge in [0.05, 0.1) is 5.41 Å². The molecular formula is C8H16O. The normalized spacial score (nSPS) is 11.7. The molecule has 0 aliphatic heterocycles. The molecule has 1 heteroatoms. The molecule has 0 spiro atoms. The van der Waals surface area contributed by atoms with Gasteiger partial charge in [0.1, 0.15) is 0 Å². The third-order valence-corrected chi connectivity index (χ3v) is 1.38. The highest BCUT2D eigenvalue weighted by Crippen LogP contribution is 2.26. The van der Waals surface area contributed by atoms with E-state index in [9.17, 15) is 0 Å². The van der Waals surface area contributed by atoms with Crippen molar-refractivity contribution in [3.63, 3.8) is 0 Å². The van der Waals surface area contributed by atoms with E-state index in [0.29, 0.717) is 6.61 Å². The third kappa shape index (κ3) is 3.41.